The van der Waals surface area contributed by atoms with Crippen LogP contribution >= 0.6 is 0 Å². The number of amides is 1. The third kappa shape index (κ3) is 5.12. The molecule has 34 heavy (non-hydrogen) atoms. The summed E-state index contributed by atoms with van der Waals surface area (Å²) < 4.78 is 6.19. The van der Waals surface area contributed by atoms with E-state index in [-0.39, 0.29) is 18.1 Å². The standard InChI is InChI=1S/C28H36N4O2/c1-19(20-6-4-3-5-7-20)29-28(33)22-10-13-26-25(18-22)27(31-30-26)21-8-11-23(12-9-21)34-24-14-16-32(2)17-15-24/h8-13,18-20,24H,3-7,14-17H2,1-2H3,(H,29,33)(H,30,31). The summed E-state index contributed by atoms with van der Waals surface area (Å²) in [6, 6.07) is 14.1. The number of piperidine rings is 1. The molecule has 0 radical (unpaired) electrons. The Morgan fingerprint density at radius 2 is 1.79 bits per heavy atom. The van der Waals surface area contributed by atoms with Gasteiger partial charge in [-0.3, -0.25) is 9.89 Å². The largest absolute Gasteiger partial charge is 0.490 e. The SMILES string of the molecule is CC(NC(=O)c1ccc2[nH]nc(-c3ccc(OC4CCN(C)CC4)cc3)c2c1)C1CCCCC1. The molecule has 2 aromatic carbocycles. The summed E-state index contributed by atoms with van der Waals surface area (Å²) in [5.41, 5.74) is 3.48. The van der Waals surface area contributed by atoms with Gasteiger partial charge >= 0.3 is 0 Å². The van der Waals surface area contributed by atoms with Gasteiger partial charge in [-0.2, -0.15) is 5.10 Å². The van der Waals surface area contributed by atoms with Gasteiger partial charge < -0.3 is 15.0 Å². The summed E-state index contributed by atoms with van der Waals surface area (Å²) in [5, 5.41) is 11.9. The minimum atomic E-state index is -0.00556. The van der Waals surface area contributed by atoms with Crippen molar-refractivity contribution in [2.45, 2.75) is 64.0 Å². The lowest BCUT2D eigenvalue weighted by atomic mass is 9.84. The van der Waals surface area contributed by atoms with Crippen molar-refractivity contribution in [1.82, 2.24) is 20.4 Å². The number of hydrogen-bond acceptors (Lipinski definition) is 4. The molecule has 1 amide bonds. The Kier molecular flexibility index (Phi) is 6.86. The number of fused-ring (bicyclic) bond motifs is 1. The fourth-order valence-electron chi connectivity index (χ4n) is 5.40. The Bertz CT molecular complexity index is 1110. The Balaban J connectivity index is 1.29. The van der Waals surface area contributed by atoms with Gasteiger partial charge in [-0.1, -0.05) is 19.3 Å². The number of nitrogens with one attached hydrogen (secondary N) is 2. The van der Waals surface area contributed by atoms with Gasteiger partial charge in [0.05, 0.1) is 11.2 Å². The number of aromatic amines is 1. The zero-order valence-corrected chi connectivity index (χ0v) is 20.3. The number of carbonyl (C=O) groups excluding carboxylic acids is 1. The van der Waals surface area contributed by atoms with Crippen molar-refractivity contribution >= 4 is 16.8 Å². The summed E-state index contributed by atoms with van der Waals surface area (Å²) >= 11 is 0. The van der Waals surface area contributed by atoms with E-state index in [1.165, 1.54) is 32.1 Å². The Morgan fingerprint density at radius 1 is 1.06 bits per heavy atom. The second kappa shape index (κ2) is 10.2. The maximum atomic E-state index is 13.0. The van der Waals surface area contributed by atoms with Crippen LogP contribution in [-0.4, -0.2) is 53.3 Å². The van der Waals surface area contributed by atoms with E-state index in [1.54, 1.807) is 0 Å². The van der Waals surface area contributed by atoms with Crippen LogP contribution in [-0.2, 0) is 0 Å². The van der Waals surface area contributed by atoms with Gasteiger partial charge in [0.1, 0.15) is 11.9 Å². The second-order valence-corrected chi connectivity index (χ2v) is 10.1. The minimum absolute atomic E-state index is 0.00556. The fraction of sp³-hybridized carbons (Fsp3) is 0.500. The molecule has 2 N–H and O–H groups in total. The molecule has 6 heteroatoms. The van der Waals surface area contributed by atoms with Gasteiger partial charge in [-0.05, 0) is 88.0 Å². The number of hydrogen-bond donors (Lipinski definition) is 2. The number of aromatic nitrogens is 2. The highest BCUT2D eigenvalue weighted by molar-refractivity contribution is 6.01. The number of likely N-dealkylation sites (tertiary alicyclic amines) is 1. The molecule has 1 atom stereocenters. The maximum Gasteiger partial charge on any atom is 0.251 e. The zero-order valence-electron chi connectivity index (χ0n) is 20.3. The third-order valence-corrected chi connectivity index (χ3v) is 7.64. The van der Waals surface area contributed by atoms with E-state index < -0.39 is 0 Å². The van der Waals surface area contributed by atoms with Crippen molar-refractivity contribution in [3.05, 3.63) is 48.0 Å². The van der Waals surface area contributed by atoms with Crippen molar-refractivity contribution in [2.24, 2.45) is 5.92 Å². The van der Waals surface area contributed by atoms with Crippen molar-refractivity contribution in [1.29, 1.82) is 0 Å². The molecular formula is C28H36N4O2. The lowest BCUT2D eigenvalue weighted by Gasteiger charge is -2.29. The predicted molar refractivity (Wildman–Crippen MR) is 136 cm³/mol. The molecule has 6 nitrogen and oxygen atoms in total. The lowest BCUT2D eigenvalue weighted by Crippen LogP contribution is -2.38. The first-order valence-corrected chi connectivity index (χ1v) is 12.8. The highest BCUT2D eigenvalue weighted by atomic mass is 16.5. The van der Waals surface area contributed by atoms with Gasteiger partial charge in [0.15, 0.2) is 0 Å². The van der Waals surface area contributed by atoms with Gasteiger partial charge in [-0.25, -0.2) is 0 Å². The van der Waals surface area contributed by atoms with Crippen molar-refractivity contribution < 1.29 is 9.53 Å². The molecule has 1 saturated heterocycles. The molecule has 2 aliphatic rings. The Hall–Kier alpha value is -2.86. The van der Waals surface area contributed by atoms with Crippen molar-refractivity contribution in [3.8, 4) is 17.0 Å². The highest BCUT2D eigenvalue weighted by Crippen LogP contribution is 2.30. The fourth-order valence-corrected chi connectivity index (χ4v) is 5.40. The van der Waals surface area contributed by atoms with Crippen LogP contribution in [0.2, 0.25) is 0 Å². The first-order valence-electron chi connectivity index (χ1n) is 12.8. The number of nitrogens with zero attached hydrogens (tertiary/aromatic N) is 2. The van der Waals surface area contributed by atoms with Gasteiger partial charge in [0.25, 0.3) is 5.91 Å². The molecule has 1 aliphatic heterocycles. The first kappa shape index (κ1) is 22.9. The molecular weight excluding hydrogens is 424 g/mol. The quantitative estimate of drug-likeness (QED) is 0.517. The van der Waals surface area contributed by atoms with E-state index in [0.717, 1.165) is 53.8 Å². The summed E-state index contributed by atoms with van der Waals surface area (Å²) in [6.07, 6.45) is 8.70. The van der Waals surface area contributed by atoms with Crippen LogP contribution in [0.1, 0.15) is 62.2 Å². The normalized spacial score (nSPS) is 19.2. The number of H-pyrrole nitrogens is 1. The monoisotopic (exact) mass is 460 g/mol. The van der Waals surface area contributed by atoms with Crippen molar-refractivity contribution in [2.75, 3.05) is 20.1 Å². The number of ether oxygens (including phenoxy) is 1. The predicted octanol–water partition coefficient (Wildman–Crippen LogP) is 5.40. The molecule has 1 saturated carbocycles. The van der Waals surface area contributed by atoms with Crippen LogP contribution in [0.5, 0.6) is 5.75 Å². The summed E-state index contributed by atoms with van der Waals surface area (Å²) in [6.45, 7) is 4.31. The first-order chi connectivity index (χ1) is 16.6. The molecule has 180 valence electrons. The van der Waals surface area contributed by atoms with E-state index >= 15 is 0 Å². The molecule has 1 aromatic heterocycles. The van der Waals surface area contributed by atoms with E-state index in [2.05, 4.69) is 46.5 Å². The summed E-state index contributed by atoms with van der Waals surface area (Å²) in [4.78, 5) is 15.3. The number of rotatable bonds is 6. The average molecular weight is 461 g/mol. The molecule has 3 aromatic rings. The smallest absolute Gasteiger partial charge is 0.251 e. The van der Waals surface area contributed by atoms with Gasteiger partial charge in [0, 0.05) is 35.6 Å². The van der Waals surface area contributed by atoms with Crippen LogP contribution in [0, 0.1) is 5.92 Å². The molecule has 1 aliphatic carbocycles. The Labute approximate surface area is 202 Å². The summed E-state index contributed by atoms with van der Waals surface area (Å²) in [7, 11) is 2.16. The van der Waals surface area contributed by atoms with E-state index in [4.69, 9.17) is 4.74 Å². The molecule has 0 bridgehead atoms. The topological polar surface area (TPSA) is 70.2 Å². The van der Waals surface area contributed by atoms with Gasteiger partial charge in [0.2, 0.25) is 0 Å². The van der Waals surface area contributed by atoms with Crippen LogP contribution in [0.3, 0.4) is 0 Å². The van der Waals surface area contributed by atoms with Crippen LogP contribution in [0.4, 0.5) is 0 Å². The van der Waals surface area contributed by atoms with Crippen LogP contribution in [0.15, 0.2) is 42.5 Å². The van der Waals surface area contributed by atoms with Crippen molar-refractivity contribution in [3.63, 3.8) is 0 Å². The number of carbonyl (C=O) groups is 1. The molecule has 1 unspecified atom stereocenters. The second-order valence-electron chi connectivity index (χ2n) is 10.1. The molecule has 2 heterocycles. The van der Waals surface area contributed by atoms with E-state index in [1.807, 2.05) is 30.3 Å². The summed E-state index contributed by atoms with van der Waals surface area (Å²) in [5.74, 6) is 1.48. The number of benzene rings is 2. The van der Waals surface area contributed by atoms with E-state index in [9.17, 15) is 4.79 Å². The molecule has 2 fully saturated rings. The minimum Gasteiger partial charge on any atom is -0.490 e. The Morgan fingerprint density at radius 3 is 2.53 bits per heavy atom. The van der Waals surface area contributed by atoms with E-state index in [0.29, 0.717) is 11.5 Å². The van der Waals surface area contributed by atoms with Crippen LogP contribution < -0.4 is 10.1 Å². The van der Waals surface area contributed by atoms with Crippen LogP contribution in [0.25, 0.3) is 22.2 Å². The lowest BCUT2D eigenvalue weighted by molar-refractivity contribution is 0.0919. The third-order valence-electron chi connectivity index (χ3n) is 7.64. The van der Waals surface area contributed by atoms with Gasteiger partial charge in [-0.15, -0.1) is 0 Å². The molecule has 5 rings (SSSR count). The zero-order chi connectivity index (χ0) is 23.5. The average Bonchev–Trinajstić information content (AvgIpc) is 3.30. The molecule has 0 spiro atoms. The maximum absolute atomic E-state index is 13.0. The highest BCUT2D eigenvalue weighted by Gasteiger charge is 2.22.